The summed E-state index contributed by atoms with van der Waals surface area (Å²) in [7, 11) is 0. The lowest BCUT2D eigenvalue weighted by molar-refractivity contribution is -0.143. The van der Waals surface area contributed by atoms with Gasteiger partial charge in [0.1, 0.15) is 6.54 Å². The fourth-order valence-corrected chi connectivity index (χ4v) is 2.63. The summed E-state index contributed by atoms with van der Waals surface area (Å²) in [5.74, 6) is -0.0535. The Balaban J connectivity index is 2.08. The molecule has 1 aliphatic heterocycles. The molecule has 0 spiro atoms. The third-order valence-corrected chi connectivity index (χ3v) is 3.49. The van der Waals surface area contributed by atoms with Crippen LogP contribution in [-0.2, 0) is 16.1 Å². The lowest BCUT2D eigenvalue weighted by Crippen LogP contribution is -2.49. The van der Waals surface area contributed by atoms with E-state index in [2.05, 4.69) is 15.9 Å². The van der Waals surface area contributed by atoms with E-state index in [1.54, 1.807) is 17.2 Å². The first-order valence-corrected chi connectivity index (χ1v) is 7.04. The van der Waals surface area contributed by atoms with Crippen LogP contribution in [0.25, 0.3) is 0 Å². The summed E-state index contributed by atoms with van der Waals surface area (Å²) in [6.07, 6.45) is 1.70. The van der Waals surface area contributed by atoms with Crippen molar-refractivity contribution in [3.63, 3.8) is 0 Å². The fourth-order valence-electron chi connectivity index (χ4n) is 2.25. The largest absolute Gasteiger partial charge is 0.372 e. The van der Waals surface area contributed by atoms with Crippen LogP contribution in [0.5, 0.6) is 0 Å². The Kier molecular flexibility index (Phi) is 4.42. The van der Waals surface area contributed by atoms with Crippen molar-refractivity contribution in [3.8, 4) is 0 Å². The summed E-state index contributed by atoms with van der Waals surface area (Å²) >= 11 is 3.30. The molecule has 1 saturated heterocycles. The number of rotatable bonds is 2. The van der Waals surface area contributed by atoms with Gasteiger partial charge in [0.15, 0.2) is 0 Å². The number of morpholine rings is 1. The molecule has 1 aliphatic rings. The molecule has 2 atom stereocenters. The second-order valence-corrected chi connectivity index (χ2v) is 5.79. The van der Waals surface area contributed by atoms with Gasteiger partial charge in [-0.25, -0.2) is 0 Å². The molecule has 0 bridgehead atoms. The zero-order valence-electron chi connectivity index (χ0n) is 11.0. The summed E-state index contributed by atoms with van der Waals surface area (Å²) in [5, 5.41) is 0. The molecule has 0 N–H and O–H groups in total. The van der Waals surface area contributed by atoms with Crippen molar-refractivity contribution in [2.45, 2.75) is 32.6 Å². The molecule has 104 valence electrons. The van der Waals surface area contributed by atoms with Crippen molar-refractivity contribution >= 4 is 21.8 Å². The highest BCUT2D eigenvalue weighted by Gasteiger charge is 2.25. The molecule has 1 aromatic rings. The molecule has 5 nitrogen and oxygen atoms in total. The number of aromatic nitrogens is 1. The molecule has 0 radical (unpaired) electrons. The Morgan fingerprint density at radius 1 is 1.37 bits per heavy atom. The Morgan fingerprint density at radius 3 is 2.63 bits per heavy atom. The molecular weight excluding hydrogens is 312 g/mol. The maximum atomic E-state index is 12.2. The molecule has 0 aliphatic carbocycles. The van der Waals surface area contributed by atoms with Crippen LogP contribution in [0.3, 0.4) is 0 Å². The van der Waals surface area contributed by atoms with E-state index >= 15 is 0 Å². The lowest BCUT2D eigenvalue weighted by Gasteiger charge is -2.35. The molecule has 1 amide bonds. The monoisotopic (exact) mass is 328 g/mol. The molecule has 6 heteroatoms. The first kappa shape index (κ1) is 14.3. The van der Waals surface area contributed by atoms with E-state index in [1.165, 1.54) is 10.6 Å². The van der Waals surface area contributed by atoms with Crippen molar-refractivity contribution in [1.29, 1.82) is 0 Å². The molecule has 0 unspecified atom stereocenters. The van der Waals surface area contributed by atoms with Crippen LogP contribution in [0.2, 0.25) is 0 Å². The average molecular weight is 329 g/mol. The minimum atomic E-state index is -0.175. The van der Waals surface area contributed by atoms with Gasteiger partial charge in [-0.3, -0.25) is 9.59 Å². The van der Waals surface area contributed by atoms with Crippen LogP contribution in [0, 0.1) is 0 Å². The van der Waals surface area contributed by atoms with Gasteiger partial charge in [-0.2, -0.15) is 0 Å². The molecule has 0 aromatic carbocycles. The lowest BCUT2D eigenvalue weighted by atomic mass is 10.2. The number of carbonyl (C=O) groups excluding carboxylic acids is 1. The third kappa shape index (κ3) is 3.67. The Bertz CT molecular complexity index is 519. The number of halogens is 1. The zero-order valence-corrected chi connectivity index (χ0v) is 12.6. The van der Waals surface area contributed by atoms with Gasteiger partial charge in [0.05, 0.1) is 12.2 Å². The second kappa shape index (κ2) is 5.88. The highest BCUT2D eigenvalue weighted by molar-refractivity contribution is 9.10. The molecule has 0 saturated carbocycles. The van der Waals surface area contributed by atoms with Crippen molar-refractivity contribution in [1.82, 2.24) is 9.47 Å². The summed E-state index contributed by atoms with van der Waals surface area (Å²) in [4.78, 5) is 25.6. The first-order valence-electron chi connectivity index (χ1n) is 6.25. The van der Waals surface area contributed by atoms with Gasteiger partial charge in [0, 0.05) is 29.8 Å². The third-order valence-electron chi connectivity index (χ3n) is 3.03. The van der Waals surface area contributed by atoms with Gasteiger partial charge in [0.2, 0.25) is 5.91 Å². The number of hydrogen-bond donors (Lipinski definition) is 0. The summed E-state index contributed by atoms with van der Waals surface area (Å²) in [6, 6.07) is 3.12. The van der Waals surface area contributed by atoms with Gasteiger partial charge < -0.3 is 14.2 Å². The van der Waals surface area contributed by atoms with E-state index in [4.69, 9.17) is 4.74 Å². The van der Waals surface area contributed by atoms with E-state index in [0.717, 1.165) is 4.47 Å². The number of nitrogens with zero attached hydrogens (tertiary/aromatic N) is 2. The van der Waals surface area contributed by atoms with E-state index in [-0.39, 0.29) is 30.2 Å². The van der Waals surface area contributed by atoms with E-state index < -0.39 is 0 Å². The van der Waals surface area contributed by atoms with E-state index in [9.17, 15) is 9.59 Å². The summed E-state index contributed by atoms with van der Waals surface area (Å²) in [5.41, 5.74) is -0.175. The SMILES string of the molecule is C[C@H]1CN(C(=O)Cn2cc(Br)ccc2=O)C[C@H](C)O1. The summed E-state index contributed by atoms with van der Waals surface area (Å²) < 4.78 is 7.78. The van der Waals surface area contributed by atoms with E-state index in [0.29, 0.717) is 13.1 Å². The highest BCUT2D eigenvalue weighted by Crippen LogP contribution is 2.11. The smallest absolute Gasteiger partial charge is 0.251 e. The number of pyridine rings is 1. The predicted octanol–water partition coefficient (Wildman–Crippen LogP) is 1.25. The van der Waals surface area contributed by atoms with Crippen LogP contribution in [0.15, 0.2) is 27.6 Å². The topological polar surface area (TPSA) is 51.5 Å². The normalized spacial score (nSPS) is 23.4. The maximum Gasteiger partial charge on any atom is 0.251 e. The molecule has 19 heavy (non-hydrogen) atoms. The molecule has 2 rings (SSSR count). The van der Waals surface area contributed by atoms with Crippen LogP contribution in [-0.4, -0.2) is 40.7 Å². The van der Waals surface area contributed by atoms with E-state index in [1.807, 2.05) is 13.8 Å². The zero-order chi connectivity index (χ0) is 14.0. The Labute approximate surface area is 120 Å². The number of carbonyl (C=O) groups is 1. The minimum absolute atomic E-state index is 0.0342. The van der Waals surface area contributed by atoms with Crippen molar-refractivity contribution in [2.75, 3.05) is 13.1 Å². The van der Waals surface area contributed by atoms with Gasteiger partial charge in [-0.05, 0) is 35.8 Å². The molecular formula is C13H17BrN2O3. The maximum absolute atomic E-state index is 12.2. The minimum Gasteiger partial charge on any atom is -0.372 e. The first-order chi connectivity index (χ1) is 8.95. The summed E-state index contributed by atoms with van der Waals surface area (Å²) in [6.45, 7) is 5.11. The quantitative estimate of drug-likeness (QED) is 0.821. The Morgan fingerprint density at radius 2 is 2.00 bits per heavy atom. The second-order valence-electron chi connectivity index (χ2n) is 4.87. The van der Waals surface area contributed by atoms with Gasteiger partial charge in [-0.15, -0.1) is 0 Å². The van der Waals surface area contributed by atoms with Gasteiger partial charge in [0.25, 0.3) is 5.56 Å². The van der Waals surface area contributed by atoms with Crippen molar-refractivity contribution < 1.29 is 9.53 Å². The molecule has 1 aromatic heterocycles. The number of ether oxygens (including phenoxy) is 1. The fraction of sp³-hybridized carbons (Fsp3) is 0.538. The van der Waals surface area contributed by atoms with Crippen LogP contribution in [0.4, 0.5) is 0 Å². The molecule has 1 fully saturated rings. The van der Waals surface area contributed by atoms with Crippen molar-refractivity contribution in [2.24, 2.45) is 0 Å². The standard InChI is InChI=1S/C13H17BrN2O3/c1-9-5-15(6-10(2)19-9)13(18)8-16-7-11(14)3-4-12(16)17/h3-4,7,9-10H,5-6,8H2,1-2H3/t9-,10-/m0/s1. The number of hydrogen-bond acceptors (Lipinski definition) is 3. The Hall–Kier alpha value is -1.14. The highest BCUT2D eigenvalue weighted by atomic mass is 79.9. The van der Waals surface area contributed by atoms with Gasteiger partial charge >= 0.3 is 0 Å². The van der Waals surface area contributed by atoms with Crippen LogP contribution in [0.1, 0.15) is 13.8 Å². The van der Waals surface area contributed by atoms with Crippen LogP contribution < -0.4 is 5.56 Å². The average Bonchev–Trinajstić information content (AvgIpc) is 2.32. The van der Waals surface area contributed by atoms with Crippen molar-refractivity contribution in [3.05, 3.63) is 33.2 Å². The van der Waals surface area contributed by atoms with Gasteiger partial charge in [-0.1, -0.05) is 0 Å². The molecule has 2 heterocycles. The number of amides is 1. The van der Waals surface area contributed by atoms with Crippen LogP contribution >= 0.6 is 15.9 Å². The predicted molar refractivity (Wildman–Crippen MR) is 75.0 cm³/mol.